The van der Waals surface area contributed by atoms with E-state index in [1.54, 1.807) is 24.3 Å². The van der Waals surface area contributed by atoms with Gasteiger partial charge in [0.15, 0.2) is 17.9 Å². The van der Waals surface area contributed by atoms with E-state index in [0.29, 0.717) is 24.3 Å². The highest BCUT2D eigenvalue weighted by Crippen LogP contribution is 2.30. The quantitative estimate of drug-likeness (QED) is 0.583. The Balaban J connectivity index is 2.15. The lowest BCUT2D eigenvalue weighted by atomic mass is 9.99. The van der Waals surface area contributed by atoms with E-state index in [9.17, 15) is 9.59 Å². The van der Waals surface area contributed by atoms with E-state index in [-0.39, 0.29) is 18.0 Å². The molecule has 19 heavy (non-hydrogen) atoms. The molecule has 0 radical (unpaired) electrons. The molecule has 0 saturated heterocycles. The minimum absolute atomic E-state index is 0.120. The second-order valence-electron chi connectivity index (χ2n) is 4.40. The Kier molecular flexibility index (Phi) is 4.45. The van der Waals surface area contributed by atoms with Gasteiger partial charge in [0.05, 0.1) is 5.92 Å². The van der Waals surface area contributed by atoms with Crippen LogP contribution in [0.1, 0.15) is 41.0 Å². The topological polar surface area (TPSA) is 52.6 Å². The van der Waals surface area contributed by atoms with Crippen LogP contribution in [0.2, 0.25) is 0 Å². The minimum atomic E-state index is -0.666. The average Bonchev–Trinajstić information content (AvgIpc) is 2.65. The van der Waals surface area contributed by atoms with E-state index in [4.69, 9.17) is 9.47 Å². The van der Waals surface area contributed by atoms with Crippen LogP contribution in [0, 0.1) is 5.92 Å². The molecular weight excluding hydrogens is 244 g/mol. The van der Waals surface area contributed by atoms with Crippen LogP contribution in [-0.2, 0) is 9.47 Å². The molecule has 1 aromatic carbocycles. The fraction of sp³-hybridized carbons (Fsp3) is 0.467. The molecule has 0 atom stereocenters. The lowest BCUT2D eigenvalue weighted by molar-refractivity contribution is -0.142. The summed E-state index contributed by atoms with van der Waals surface area (Å²) in [6, 6.07) is 6.95. The first-order chi connectivity index (χ1) is 9.19. The molecule has 0 fully saturated rings. The molecule has 0 heterocycles. The molecule has 0 bridgehead atoms. The molecule has 0 aromatic heterocycles. The number of benzene rings is 1. The monoisotopic (exact) mass is 262 g/mol. The Labute approximate surface area is 112 Å². The Morgan fingerprint density at radius 3 is 1.89 bits per heavy atom. The molecule has 1 aliphatic rings. The van der Waals surface area contributed by atoms with E-state index < -0.39 is 12.2 Å². The third kappa shape index (κ3) is 2.74. The number of rotatable bonds is 6. The van der Waals surface area contributed by atoms with Gasteiger partial charge >= 0.3 is 0 Å². The maximum Gasteiger partial charge on any atom is 0.174 e. The number of fused-ring (bicyclic) bond motifs is 1. The molecule has 1 aromatic rings. The Bertz CT molecular complexity index is 440. The van der Waals surface area contributed by atoms with Crippen molar-refractivity contribution in [2.75, 3.05) is 13.2 Å². The zero-order chi connectivity index (χ0) is 13.8. The lowest BCUT2D eigenvalue weighted by Crippen LogP contribution is -2.26. The van der Waals surface area contributed by atoms with Crippen LogP contribution in [0.5, 0.6) is 0 Å². The maximum absolute atomic E-state index is 12.2. The first-order valence-electron chi connectivity index (χ1n) is 6.59. The van der Waals surface area contributed by atoms with Gasteiger partial charge in [-0.3, -0.25) is 9.59 Å². The third-order valence-electron chi connectivity index (χ3n) is 3.22. The van der Waals surface area contributed by atoms with Crippen molar-refractivity contribution in [1.82, 2.24) is 0 Å². The number of ether oxygens (including phenoxy) is 2. The van der Waals surface area contributed by atoms with E-state index in [1.807, 2.05) is 13.8 Å². The highest BCUT2D eigenvalue weighted by molar-refractivity contribution is 6.26. The first kappa shape index (κ1) is 13.9. The molecule has 0 N–H and O–H groups in total. The van der Waals surface area contributed by atoms with Crippen molar-refractivity contribution in [2.45, 2.75) is 26.6 Å². The molecule has 0 amide bonds. The van der Waals surface area contributed by atoms with Crippen LogP contribution in [-0.4, -0.2) is 31.1 Å². The van der Waals surface area contributed by atoms with Crippen molar-refractivity contribution in [3.8, 4) is 0 Å². The zero-order valence-electron chi connectivity index (χ0n) is 11.2. The average molecular weight is 262 g/mol. The van der Waals surface area contributed by atoms with Gasteiger partial charge in [-0.2, -0.15) is 0 Å². The van der Waals surface area contributed by atoms with Crippen LogP contribution in [0.25, 0.3) is 0 Å². The van der Waals surface area contributed by atoms with Gasteiger partial charge < -0.3 is 9.47 Å². The molecule has 0 spiro atoms. The zero-order valence-corrected chi connectivity index (χ0v) is 11.2. The van der Waals surface area contributed by atoms with Gasteiger partial charge in [-0.1, -0.05) is 24.3 Å². The molecule has 4 nitrogen and oxygen atoms in total. The second-order valence-corrected chi connectivity index (χ2v) is 4.40. The predicted molar refractivity (Wildman–Crippen MR) is 70.3 cm³/mol. The summed E-state index contributed by atoms with van der Waals surface area (Å²) in [5.41, 5.74) is 1.04. The van der Waals surface area contributed by atoms with E-state index >= 15 is 0 Å². The number of hydrogen-bond acceptors (Lipinski definition) is 4. The summed E-state index contributed by atoms with van der Waals surface area (Å²) in [7, 11) is 0. The van der Waals surface area contributed by atoms with Gasteiger partial charge in [-0.15, -0.1) is 0 Å². The van der Waals surface area contributed by atoms with Crippen LogP contribution in [0.3, 0.4) is 0 Å². The summed E-state index contributed by atoms with van der Waals surface area (Å²) in [5.74, 6) is -0.907. The maximum atomic E-state index is 12.2. The summed E-state index contributed by atoms with van der Waals surface area (Å²) >= 11 is 0. The van der Waals surface area contributed by atoms with Crippen molar-refractivity contribution in [3.05, 3.63) is 35.4 Å². The van der Waals surface area contributed by atoms with E-state index in [1.165, 1.54) is 0 Å². The summed E-state index contributed by atoms with van der Waals surface area (Å²) in [4.78, 5) is 24.4. The van der Waals surface area contributed by atoms with Gasteiger partial charge in [0, 0.05) is 30.8 Å². The lowest BCUT2D eigenvalue weighted by Gasteiger charge is -2.18. The highest BCUT2D eigenvalue weighted by Gasteiger charge is 2.39. The minimum Gasteiger partial charge on any atom is -0.353 e. The van der Waals surface area contributed by atoms with Crippen molar-refractivity contribution >= 4 is 11.6 Å². The molecule has 4 heteroatoms. The molecule has 0 aliphatic heterocycles. The number of carbonyl (C=O) groups is 2. The number of hydrogen-bond donors (Lipinski definition) is 0. The number of carbonyl (C=O) groups excluding carboxylic acids is 2. The van der Waals surface area contributed by atoms with Crippen LogP contribution >= 0.6 is 0 Å². The van der Waals surface area contributed by atoms with Crippen molar-refractivity contribution in [1.29, 1.82) is 0 Å². The number of Topliss-reactive ketones (excluding diaryl/α,β-unsaturated/α-hetero) is 2. The molecular formula is C15H18O4. The summed E-state index contributed by atoms with van der Waals surface area (Å²) < 4.78 is 10.8. The Hall–Kier alpha value is -1.52. The Morgan fingerprint density at radius 1 is 1.00 bits per heavy atom. The molecule has 2 rings (SSSR count). The second kappa shape index (κ2) is 6.08. The molecule has 0 unspecified atom stereocenters. The first-order valence-corrected chi connectivity index (χ1v) is 6.59. The molecule has 102 valence electrons. The van der Waals surface area contributed by atoms with Crippen molar-refractivity contribution in [3.63, 3.8) is 0 Å². The third-order valence-corrected chi connectivity index (χ3v) is 3.22. The van der Waals surface area contributed by atoms with Crippen LogP contribution < -0.4 is 0 Å². The van der Waals surface area contributed by atoms with E-state index in [0.717, 1.165) is 0 Å². The van der Waals surface area contributed by atoms with Gasteiger partial charge in [-0.05, 0) is 13.8 Å². The Morgan fingerprint density at radius 2 is 1.47 bits per heavy atom. The van der Waals surface area contributed by atoms with Crippen molar-refractivity contribution in [2.24, 2.45) is 5.92 Å². The highest BCUT2D eigenvalue weighted by atomic mass is 16.7. The standard InChI is InChI=1S/C15H18O4/c1-3-18-13(19-4-2)9-12-14(16)10-7-5-6-8-11(10)15(12)17/h5-8,12-13H,3-4,9H2,1-2H3. The van der Waals surface area contributed by atoms with E-state index in [2.05, 4.69) is 0 Å². The van der Waals surface area contributed by atoms with Crippen molar-refractivity contribution < 1.29 is 19.1 Å². The summed E-state index contributed by atoms with van der Waals surface area (Å²) in [6.45, 7) is 4.71. The molecule has 1 aliphatic carbocycles. The number of ketones is 2. The van der Waals surface area contributed by atoms with Gasteiger partial charge in [0.2, 0.25) is 0 Å². The van der Waals surface area contributed by atoms with Gasteiger partial charge in [0.1, 0.15) is 0 Å². The summed E-state index contributed by atoms with van der Waals surface area (Å²) in [6.07, 6.45) is -0.212. The van der Waals surface area contributed by atoms with Gasteiger partial charge in [0.25, 0.3) is 0 Å². The van der Waals surface area contributed by atoms with Crippen LogP contribution in [0.4, 0.5) is 0 Å². The fourth-order valence-electron chi connectivity index (χ4n) is 2.37. The normalized spacial score (nSPS) is 15.3. The summed E-state index contributed by atoms with van der Waals surface area (Å²) in [5, 5.41) is 0. The van der Waals surface area contributed by atoms with Gasteiger partial charge in [-0.25, -0.2) is 0 Å². The smallest absolute Gasteiger partial charge is 0.174 e. The SMILES string of the molecule is CCOC(CC1C(=O)c2ccccc2C1=O)OCC. The largest absolute Gasteiger partial charge is 0.353 e. The van der Waals surface area contributed by atoms with Crippen LogP contribution in [0.15, 0.2) is 24.3 Å². The fourth-order valence-corrected chi connectivity index (χ4v) is 2.37. The predicted octanol–water partition coefficient (Wildman–Crippen LogP) is 2.47. The molecule has 0 saturated carbocycles.